The lowest BCUT2D eigenvalue weighted by molar-refractivity contribution is -0.118. The molecule has 1 aliphatic heterocycles. The molecule has 0 spiro atoms. The van der Waals surface area contributed by atoms with Crippen LogP contribution in [-0.4, -0.2) is 41.0 Å². The van der Waals surface area contributed by atoms with Gasteiger partial charge >= 0.3 is 0 Å². The van der Waals surface area contributed by atoms with Crippen LogP contribution in [0.3, 0.4) is 0 Å². The predicted octanol–water partition coefficient (Wildman–Crippen LogP) is 6.19. The highest BCUT2D eigenvalue weighted by molar-refractivity contribution is 6.12. The minimum absolute atomic E-state index is 0.0596. The lowest BCUT2D eigenvalue weighted by atomic mass is 9.83. The van der Waals surface area contributed by atoms with E-state index in [2.05, 4.69) is 5.43 Å². The topological polar surface area (TPSA) is 101 Å². The fourth-order valence-corrected chi connectivity index (χ4v) is 6.23. The van der Waals surface area contributed by atoms with E-state index in [4.69, 9.17) is 4.74 Å². The molecule has 6 rings (SSSR count). The second-order valence-electron chi connectivity index (χ2n) is 10.9. The van der Waals surface area contributed by atoms with Crippen LogP contribution in [-0.2, 0) is 11.2 Å². The molecule has 3 aromatic carbocycles. The summed E-state index contributed by atoms with van der Waals surface area (Å²) in [5, 5.41) is 10.4. The first-order valence-corrected chi connectivity index (χ1v) is 14.5. The van der Waals surface area contributed by atoms with Crippen LogP contribution in [0.2, 0.25) is 0 Å². The van der Waals surface area contributed by atoms with Gasteiger partial charge in [-0.05, 0) is 79.4 Å². The van der Waals surface area contributed by atoms with Gasteiger partial charge in [0.25, 0.3) is 5.91 Å². The number of fused-ring (bicyclic) bond motifs is 2. The Balaban J connectivity index is 1.62. The predicted molar refractivity (Wildman–Crippen MR) is 161 cm³/mol. The van der Waals surface area contributed by atoms with E-state index in [1.165, 1.54) is 24.3 Å². The SMILES string of the molecule is CCCCN1C(=O)[C@H](c2c3c(n(NC(=O)c4ccccc4O)c2-c2ccc(OC)cc2)CCCC3=O)c2cc(F)ccc21. The van der Waals surface area contributed by atoms with E-state index in [0.717, 1.165) is 12.8 Å². The number of rotatable bonds is 8. The molecule has 2 heterocycles. The number of amides is 2. The van der Waals surface area contributed by atoms with Crippen LogP contribution >= 0.6 is 0 Å². The van der Waals surface area contributed by atoms with E-state index >= 15 is 0 Å². The summed E-state index contributed by atoms with van der Waals surface area (Å²) in [5.41, 5.74) is 6.56. The number of carbonyl (C=O) groups is 3. The molecule has 0 saturated heterocycles. The van der Waals surface area contributed by atoms with Crippen molar-refractivity contribution in [2.24, 2.45) is 0 Å². The van der Waals surface area contributed by atoms with Gasteiger partial charge in [-0.2, -0.15) is 0 Å². The molecule has 2 amide bonds. The van der Waals surface area contributed by atoms with E-state index < -0.39 is 17.6 Å². The molecule has 43 heavy (non-hydrogen) atoms. The molecule has 9 heteroatoms. The highest BCUT2D eigenvalue weighted by atomic mass is 19.1. The maximum Gasteiger partial charge on any atom is 0.273 e. The molecule has 0 unspecified atom stereocenters. The summed E-state index contributed by atoms with van der Waals surface area (Å²) < 4.78 is 21.7. The standard InChI is InChI=1S/C34H32FN3O5/c1-3-4-18-37-25-17-14-21(35)19-24(25)29(34(37)42)31-30-26(9-7-11-28(30)40)38(32(31)20-12-15-22(43-2)16-13-20)36-33(41)23-8-5-6-10-27(23)39/h5-6,8,10,12-17,19,29,39H,3-4,7,9,11,18H2,1-2H3,(H,36,41)/t29-/m0/s1. The zero-order valence-corrected chi connectivity index (χ0v) is 24.0. The number of carbonyl (C=O) groups excluding carboxylic acids is 3. The third-order valence-electron chi connectivity index (χ3n) is 8.26. The summed E-state index contributed by atoms with van der Waals surface area (Å²) in [5.74, 6) is -1.98. The summed E-state index contributed by atoms with van der Waals surface area (Å²) in [6.07, 6.45) is 2.95. The van der Waals surface area contributed by atoms with E-state index in [1.54, 1.807) is 59.2 Å². The summed E-state index contributed by atoms with van der Waals surface area (Å²) in [6.45, 7) is 2.50. The number of unbranched alkanes of at least 4 members (excludes halogenated alkanes) is 1. The Kier molecular flexibility index (Phi) is 7.48. The number of phenolic OH excluding ortho intramolecular Hbond substituents is 1. The molecule has 2 N–H and O–H groups in total. The summed E-state index contributed by atoms with van der Waals surface area (Å²) in [6, 6.07) is 17.7. The molecular formula is C34H32FN3O5. The van der Waals surface area contributed by atoms with Gasteiger partial charge in [0, 0.05) is 35.3 Å². The minimum Gasteiger partial charge on any atom is -0.507 e. The Morgan fingerprint density at radius 2 is 1.84 bits per heavy atom. The second kappa shape index (κ2) is 11.4. The molecule has 0 fully saturated rings. The van der Waals surface area contributed by atoms with Crippen molar-refractivity contribution in [3.63, 3.8) is 0 Å². The second-order valence-corrected chi connectivity index (χ2v) is 10.9. The van der Waals surface area contributed by atoms with Gasteiger partial charge in [-0.15, -0.1) is 0 Å². The number of Topliss-reactive ketones (excluding diaryl/α,β-unsaturated/α-hetero) is 1. The van der Waals surface area contributed by atoms with Crippen LogP contribution in [0.15, 0.2) is 66.7 Å². The molecule has 1 aromatic heterocycles. The van der Waals surface area contributed by atoms with Crippen molar-refractivity contribution in [2.75, 3.05) is 24.0 Å². The lowest BCUT2D eigenvalue weighted by Gasteiger charge is -2.19. The van der Waals surface area contributed by atoms with Gasteiger partial charge in [-0.25, -0.2) is 4.39 Å². The number of aromatic hydroxyl groups is 1. The third kappa shape index (κ3) is 4.84. The number of aromatic nitrogens is 1. The Labute approximate surface area is 248 Å². The Morgan fingerprint density at radius 3 is 2.56 bits per heavy atom. The van der Waals surface area contributed by atoms with E-state index in [9.17, 15) is 23.9 Å². The number of ketones is 1. The van der Waals surface area contributed by atoms with Crippen molar-refractivity contribution in [2.45, 2.75) is 44.9 Å². The number of hydrogen-bond donors (Lipinski definition) is 2. The van der Waals surface area contributed by atoms with E-state index in [0.29, 0.717) is 64.5 Å². The van der Waals surface area contributed by atoms with E-state index in [1.807, 2.05) is 6.92 Å². The molecule has 1 aliphatic carbocycles. The number of anilines is 1. The fourth-order valence-electron chi connectivity index (χ4n) is 6.23. The average molecular weight is 582 g/mol. The van der Waals surface area contributed by atoms with Crippen molar-refractivity contribution in [1.29, 1.82) is 0 Å². The molecular weight excluding hydrogens is 549 g/mol. The highest BCUT2D eigenvalue weighted by Crippen LogP contribution is 2.48. The number of benzene rings is 3. The zero-order chi connectivity index (χ0) is 30.2. The van der Waals surface area contributed by atoms with Crippen LogP contribution in [0.25, 0.3) is 11.3 Å². The van der Waals surface area contributed by atoms with Crippen molar-refractivity contribution in [1.82, 2.24) is 4.68 Å². The van der Waals surface area contributed by atoms with Crippen LogP contribution in [0, 0.1) is 5.82 Å². The first-order valence-electron chi connectivity index (χ1n) is 14.5. The molecule has 8 nitrogen and oxygen atoms in total. The minimum atomic E-state index is -0.960. The van der Waals surface area contributed by atoms with Crippen molar-refractivity contribution in [3.05, 3.63) is 100 Å². The summed E-state index contributed by atoms with van der Waals surface area (Å²) in [7, 11) is 1.56. The molecule has 0 bridgehead atoms. The largest absolute Gasteiger partial charge is 0.507 e. The molecule has 220 valence electrons. The van der Waals surface area contributed by atoms with Crippen molar-refractivity contribution >= 4 is 23.3 Å². The maximum atomic E-state index is 14.8. The first kappa shape index (κ1) is 28.2. The molecule has 0 saturated carbocycles. The molecule has 1 atom stereocenters. The van der Waals surface area contributed by atoms with E-state index in [-0.39, 0.29) is 29.4 Å². The maximum absolute atomic E-state index is 14.8. The number of para-hydroxylation sites is 1. The quantitative estimate of drug-likeness (QED) is 0.259. The summed E-state index contributed by atoms with van der Waals surface area (Å²) in [4.78, 5) is 43.3. The monoisotopic (exact) mass is 581 g/mol. The number of nitrogens with one attached hydrogen (secondary N) is 1. The first-order chi connectivity index (χ1) is 20.8. The molecule has 0 radical (unpaired) electrons. The number of hydrogen-bond acceptors (Lipinski definition) is 5. The fraction of sp³-hybridized carbons (Fsp3) is 0.265. The van der Waals surface area contributed by atoms with Crippen molar-refractivity contribution in [3.8, 4) is 22.8 Å². The number of halogens is 1. The van der Waals surface area contributed by atoms with Crippen molar-refractivity contribution < 1.29 is 28.6 Å². The lowest BCUT2D eigenvalue weighted by Crippen LogP contribution is -2.30. The van der Waals surface area contributed by atoms with Crippen LogP contribution < -0.4 is 15.1 Å². The third-order valence-corrected chi connectivity index (χ3v) is 8.26. The Morgan fingerprint density at radius 1 is 1.07 bits per heavy atom. The smallest absolute Gasteiger partial charge is 0.273 e. The number of nitrogens with zero attached hydrogens (tertiary/aromatic N) is 2. The van der Waals surface area contributed by atoms with Crippen LogP contribution in [0.1, 0.15) is 76.1 Å². The van der Waals surface area contributed by atoms with Gasteiger partial charge in [0.2, 0.25) is 5.91 Å². The molecule has 2 aliphatic rings. The molecule has 4 aromatic rings. The van der Waals surface area contributed by atoms with Gasteiger partial charge in [-0.3, -0.25) is 24.5 Å². The van der Waals surface area contributed by atoms with Gasteiger partial charge < -0.3 is 14.7 Å². The average Bonchev–Trinajstić information content (AvgIpc) is 3.46. The normalized spacial score (nSPS) is 15.8. The number of phenols is 1. The Bertz CT molecular complexity index is 1740. The van der Waals surface area contributed by atoms with Crippen LogP contribution in [0.4, 0.5) is 10.1 Å². The summed E-state index contributed by atoms with van der Waals surface area (Å²) >= 11 is 0. The van der Waals surface area contributed by atoms with Gasteiger partial charge in [0.15, 0.2) is 5.78 Å². The van der Waals surface area contributed by atoms with Gasteiger partial charge in [0.1, 0.15) is 17.3 Å². The number of ether oxygens (including phenoxy) is 1. The van der Waals surface area contributed by atoms with Gasteiger partial charge in [0.05, 0.1) is 30.0 Å². The highest BCUT2D eigenvalue weighted by Gasteiger charge is 2.44. The zero-order valence-electron chi connectivity index (χ0n) is 24.0. The van der Waals surface area contributed by atoms with Crippen LogP contribution in [0.5, 0.6) is 11.5 Å². The van der Waals surface area contributed by atoms with Gasteiger partial charge in [-0.1, -0.05) is 25.5 Å². The Hall–Kier alpha value is -4.92. The number of methoxy groups -OCH3 is 1.